The van der Waals surface area contributed by atoms with E-state index < -0.39 is 0 Å². The van der Waals surface area contributed by atoms with E-state index in [2.05, 4.69) is 40.7 Å². The highest BCUT2D eigenvalue weighted by Crippen LogP contribution is 2.35. The molecule has 2 aromatic rings. The van der Waals surface area contributed by atoms with Gasteiger partial charge >= 0.3 is 0 Å². The Balaban J connectivity index is 2.55. The third-order valence-electron chi connectivity index (χ3n) is 3.35. The van der Waals surface area contributed by atoms with Gasteiger partial charge in [0.25, 0.3) is 0 Å². The molecule has 0 aliphatic rings. The van der Waals surface area contributed by atoms with Gasteiger partial charge in [-0.05, 0) is 12.8 Å². The van der Waals surface area contributed by atoms with Crippen molar-refractivity contribution in [2.24, 2.45) is 5.92 Å². The minimum Gasteiger partial charge on any atom is -0.261 e. The molecule has 88 valence electrons. The van der Waals surface area contributed by atoms with Crippen molar-refractivity contribution in [3.8, 4) is 0 Å². The smallest absolute Gasteiger partial charge is 0.0708 e. The van der Waals surface area contributed by atoms with E-state index in [4.69, 9.17) is 0 Å². The van der Waals surface area contributed by atoms with E-state index in [0.29, 0.717) is 5.92 Å². The van der Waals surface area contributed by atoms with Gasteiger partial charge in [0.2, 0.25) is 0 Å². The largest absolute Gasteiger partial charge is 0.261 e. The molecule has 0 amide bonds. The van der Waals surface area contributed by atoms with Crippen molar-refractivity contribution >= 4 is 0 Å². The molecule has 0 aromatic carbocycles. The molecule has 0 saturated carbocycles. The summed E-state index contributed by atoms with van der Waals surface area (Å²) in [4.78, 5) is 17.1. The van der Waals surface area contributed by atoms with Crippen molar-refractivity contribution in [1.82, 2.24) is 19.9 Å². The molecule has 17 heavy (non-hydrogen) atoms. The van der Waals surface area contributed by atoms with Crippen LogP contribution in [0, 0.1) is 5.92 Å². The Hall–Kier alpha value is -1.84. The number of hydrogen-bond donors (Lipinski definition) is 0. The van der Waals surface area contributed by atoms with Crippen molar-refractivity contribution in [2.75, 3.05) is 0 Å². The summed E-state index contributed by atoms with van der Waals surface area (Å²) in [6.45, 7) is 6.44. The predicted octanol–water partition coefficient (Wildman–Crippen LogP) is 2.23. The van der Waals surface area contributed by atoms with Crippen LogP contribution in [0.4, 0.5) is 0 Å². The van der Waals surface area contributed by atoms with Crippen LogP contribution < -0.4 is 0 Å². The van der Waals surface area contributed by atoms with Gasteiger partial charge in [0, 0.05) is 37.2 Å². The highest BCUT2D eigenvalue weighted by molar-refractivity contribution is 5.27. The normalized spacial score (nSPS) is 11.8. The van der Waals surface area contributed by atoms with E-state index in [1.807, 2.05) is 0 Å². The second kappa shape index (κ2) is 4.57. The van der Waals surface area contributed by atoms with E-state index in [1.165, 1.54) is 0 Å². The summed E-state index contributed by atoms with van der Waals surface area (Å²) < 4.78 is 0. The number of aromatic nitrogens is 4. The average Bonchev–Trinajstić information content (AvgIpc) is 2.39. The standard InChI is InChI=1S/C13H16N4/c1-10(2)13(3,11-8-14-4-6-16-11)12-9-15-5-7-17-12/h4-10H,1-3H3. The van der Waals surface area contributed by atoms with Crippen LogP contribution in [0.3, 0.4) is 0 Å². The van der Waals surface area contributed by atoms with Crippen LogP contribution in [0.1, 0.15) is 32.2 Å². The van der Waals surface area contributed by atoms with Gasteiger partial charge in [-0.25, -0.2) is 0 Å². The summed E-state index contributed by atoms with van der Waals surface area (Å²) in [6, 6.07) is 0. The van der Waals surface area contributed by atoms with Crippen LogP contribution >= 0.6 is 0 Å². The number of nitrogens with zero attached hydrogens (tertiary/aromatic N) is 4. The molecule has 0 aliphatic heterocycles. The molecular formula is C13H16N4. The zero-order valence-corrected chi connectivity index (χ0v) is 10.3. The molecule has 2 aromatic heterocycles. The Labute approximate surface area is 101 Å². The summed E-state index contributed by atoms with van der Waals surface area (Å²) in [6.07, 6.45) is 10.4. The summed E-state index contributed by atoms with van der Waals surface area (Å²) >= 11 is 0. The van der Waals surface area contributed by atoms with Crippen molar-refractivity contribution in [3.63, 3.8) is 0 Å². The number of rotatable bonds is 3. The van der Waals surface area contributed by atoms with Gasteiger partial charge in [-0.15, -0.1) is 0 Å². The lowest BCUT2D eigenvalue weighted by Gasteiger charge is -2.31. The molecule has 0 N–H and O–H groups in total. The molecule has 0 radical (unpaired) electrons. The van der Waals surface area contributed by atoms with Gasteiger partial charge in [-0.1, -0.05) is 13.8 Å². The van der Waals surface area contributed by atoms with Gasteiger partial charge in [0.15, 0.2) is 0 Å². The van der Waals surface area contributed by atoms with E-state index in [1.54, 1.807) is 37.2 Å². The monoisotopic (exact) mass is 228 g/mol. The summed E-state index contributed by atoms with van der Waals surface area (Å²) in [5.74, 6) is 0.357. The van der Waals surface area contributed by atoms with Crippen LogP contribution in [0.15, 0.2) is 37.2 Å². The molecule has 2 heterocycles. The summed E-state index contributed by atoms with van der Waals surface area (Å²) in [5, 5.41) is 0. The Bertz CT molecular complexity index is 428. The van der Waals surface area contributed by atoms with Crippen LogP contribution in [-0.2, 0) is 5.41 Å². The molecule has 4 nitrogen and oxygen atoms in total. The Morgan fingerprint density at radius 2 is 1.35 bits per heavy atom. The van der Waals surface area contributed by atoms with E-state index in [-0.39, 0.29) is 5.41 Å². The molecule has 0 saturated heterocycles. The molecule has 0 aliphatic carbocycles. The lowest BCUT2D eigenvalue weighted by atomic mass is 9.74. The average molecular weight is 228 g/mol. The van der Waals surface area contributed by atoms with Gasteiger partial charge in [-0.3, -0.25) is 19.9 Å². The first kappa shape index (κ1) is 11.6. The summed E-state index contributed by atoms with van der Waals surface area (Å²) in [5.41, 5.74) is 1.59. The third kappa shape index (κ3) is 2.02. The fourth-order valence-electron chi connectivity index (χ4n) is 1.86. The Morgan fingerprint density at radius 3 is 1.65 bits per heavy atom. The second-order valence-electron chi connectivity index (χ2n) is 4.54. The SMILES string of the molecule is CC(C)C(C)(c1cnccn1)c1cnccn1. The summed E-state index contributed by atoms with van der Waals surface area (Å²) in [7, 11) is 0. The zero-order chi connectivity index (χ0) is 12.3. The quantitative estimate of drug-likeness (QED) is 0.808. The highest BCUT2D eigenvalue weighted by atomic mass is 14.8. The first-order chi connectivity index (χ1) is 8.15. The van der Waals surface area contributed by atoms with Crippen LogP contribution in [0.25, 0.3) is 0 Å². The molecule has 0 bridgehead atoms. The fourth-order valence-corrected chi connectivity index (χ4v) is 1.86. The van der Waals surface area contributed by atoms with Gasteiger partial charge < -0.3 is 0 Å². The van der Waals surface area contributed by atoms with Crippen molar-refractivity contribution < 1.29 is 0 Å². The van der Waals surface area contributed by atoms with E-state index in [9.17, 15) is 0 Å². The number of hydrogen-bond acceptors (Lipinski definition) is 4. The molecule has 0 unspecified atom stereocenters. The first-order valence-corrected chi connectivity index (χ1v) is 5.68. The molecule has 0 spiro atoms. The molecule has 2 rings (SSSR count). The maximum atomic E-state index is 4.42. The maximum Gasteiger partial charge on any atom is 0.0708 e. The Kier molecular flexibility index (Phi) is 3.13. The minimum atomic E-state index is -0.261. The van der Waals surface area contributed by atoms with Crippen molar-refractivity contribution in [3.05, 3.63) is 48.6 Å². The molecule has 4 heteroatoms. The van der Waals surface area contributed by atoms with Crippen LogP contribution in [0.5, 0.6) is 0 Å². The predicted molar refractivity (Wildman–Crippen MR) is 65.4 cm³/mol. The first-order valence-electron chi connectivity index (χ1n) is 5.68. The lowest BCUT2D eigenvalue weighted by molar-refractivity contribution is 0.382. The van der Waals surface area contributed by atoms with E-state index >= 15 is 0 Å². The van der Waals surface area contributed by atoms with Gasteiger partial charge in [-0.2, -0.15) is 0 Å². The fraction of sp³-hybridized carbons (Fsp3) is 0.385. The Morgan fingerprint density at radius 1 is 0.882 bits per heavy atom. The molecular weight excluding hydrogens is 212 g/mol. The van der Waals surface area contributed by atoms with Gasteiger partial charge in [0.05, 0.1) is 16.8 Å². The molecule has 0 atom stereocenters. The van der Waals surface area contributed by atoms with Crippen molar-refractivity contribution in [1.29, 1.82) is 0 Å². The topological polar surface area (TPSA) is 51.6 Å². The molecule has 0 fully saturated rings. The second-order valence-corrected chi connectivity index (χ2v) is 4.54. The maximum absolute atomic E-state index is 4.42. The third-order valence-corrected chi connectivity index (χ3v) is 3.35. The van der Waals surface area contributed by atoms with Gasteiger partial charge in [0.1, 0.15) is 0 Å². The highest BCUT2D eigenvalue weighted by Gasteiger charge is 2.35. The van der Waals surface area contributed by atoms with Crippen LogP contribution in [0.2, 0.25) is 0 Å². The van der Waals surface area contributed by atoms with Crippen molar-refractivity contribution in [2.45, 2.75) is 26.2 Å². The minimum absolute atomic E-state index is 0.261. The zero-order valence-electron chi connectivity index (χ0n) is 10.3. The van der Waals surface area contributed by atoms with E-state index in [0.717, 1.165) is 11.4 Å². The lowest BCUT2D eigenvalue weighted by Crippen LogP contribution is -2.32. The van der Waals surface area contributed by atoms with Crippen LogP contribution in [-0.4, -0.2) is 19.9 Å².